The van der Waals surface area contributed by atoms with Crippen LogP contribution in [0.1, 0.15) is 15.9 Å². The lowest BCUT2D eigenvalue weighted by atomic mass is 10.1. The summed E-state index contributed by atoms with van der Waals surface area (Å²) in [6.07, 6.45) is 0.755. The number of hydrogen-bond acceptors (Lipinski definition) is 4. The molecule has 176 valence electrons. The lowest BCUT2D eigenvalue weighted by Crippen LogP contribution is -2.50. The van der Waals surface area contributed by atoms with Crippen LogP contribution in [-0.2, 0) is 11.2 Å². The lowest BCUT2D eigenvalue weighted by Gasteiger charge is -2.36. The second-order valence-electron chi connectivity index (χ2n) is 8.23. The Morgan fingerprint density at radius 1 is 0.824 bits per heavy atom. The highest BCUT2D eigenvalue weighted by Gasteiger charge is 2.21. The van der Waals surface area contributed by atoms with Crippen molar-refractivity contribution >= 4 is 23.2 Å². The van der Waals surface area contributed by atoms with Gasteiger partial charge in [-0.3, -0.25) is 9.59 Å². The van der Waals surface area contributed by atoms with Crippen molar-refractivity contribution < 1.29 is 14.0 Å². The van der Waals surface area contributed by atoms with E-state index < -0.39 is 0 Å². The molecule has 7 heteroatoms. The van der Waals surface area contributed by atoms with Crippen LogP contribution in [-0.4, -0.2) is 56.0 Å². The quantitative estimate of drug-likeness (QED) is 0.540. The third-order valence-electron chi connectivity index (χ3n) is 5.97. The van der Waals surface area contributed by atoms with Gasteiger partial charge in [0.2, 0.25) is 5.91 Å². The smallest absolute Gasteiger partial charge is 0.253 e. The SMILES string of the molecule is O=C(NCCc1ccccc1)c1ccccc1NCC(=O)N1CCN(c2ccc(F)cc2)CC1. The van der Waals surface area contributed by atoms with Crippen molar-refractivity contribution in [1.29, 1.82) is 0 Å². The van der Waals surface area contributed by atoms with Crippen LogP contribution < -0.4 is 15.5 Å². The number of benzene rings is 3. The van der Waals surface area contributed by atoms with Gasteiger partial charge in [-0.25, -0.2) is 4.39 Å². The molecule has 1 aliphatic heterocycles. The number of amides is 2. The van der Waals surface area contributed by atoms with Gasteiger partial charge in [0.15, 0.2) is 0 Å². The van der Waals surface area contributed by atoms with E-state index >= 15 is 0 Å². The topological polar surface area (TPSA) is 64.7 Å². The van der Waals surface area contributed by atoms with E-state index in [0.29, 0.717) is 44.0 Å². The molecule has 6 nitrogen and oxygen atoms in total. The number of nitrogens with zero attached hydrogens (tertiary/aromatic N) is 2. The first-order valence-electron chi connectivity index (χ1n) is 11.5. The van der Waals surface area contributed by atoms with Gasteiger partial charge >= 0.3 is 0 Å². The molecule has 0 atom stereocenters. The first-order valence-corrected chi connectivity index (χ1v) is 11.5. The van der Waals surface area contributed by atoms with Crippen LogP contribution in [0.3, 0.4) is 0 Å². The molecule has 1 saturated heterocycles. The van der Waals surface area contributed by atoms with Crippen molar-refractivity contribution in [3.8, 4) is 0 Å². The Morgan fingerprint density at radius 3 is 2.24 bits per heavy atom. The molecule has 0 bridgehead atoms. The van der Waals surface area contributed by atoms with Gasteiger partial charge in [-0.2, -0.15) is 0 Å². The molecule has 3 aromatic rings. The maximum atomic E-state index is 13.2. The van der Waals surface area contributed by atoms with Gasteiger partial charge in [0.1, 0.15) is 5.82 Å². The molecule has 0 spiro atoms. The summed E-state index contributed by atoms with van der Waals surface area (Å²) >= 11 is 0. The van der Waals surface area contributed by atoms with Crippen LogP contribution in [0.15, 0.2) is 78.9 Å². The van der Waals surface area contributed by atoms with E-state index in [1.54, 1.807) is 18.2 Å². The minimum absolute atomic E-state index is 0.0157. The van der Waals surface area contributed by atoms with Crippen molar-refractivity contribution in [3.63, 3.8) is 0 Å². The zero-order valence-corrected chi connectivity index (χ0v) is 19.0. The van der Waals surface area contributed by atoms with Crippen LogP contribution in [0.5, 0.6) is 0 Å². The monoisotopic (exact) mass is 460 g/mol. The predicted molar refractivity (Wildman–Crippen MR) is 133 cm³/mol. The van der Waals surface area contributed by atoms with Crippen molar-refractivity contribution in [2.24, 2.45) is 0 Å². The lowest BCUT2D eigenvalue weighted by molar-refractivity contribution is -0.129. The average molecular weight is 461 g/mol. The summed E-state index contributed by atoms with van der Waals surface area (Å²) in [7, 11) is 0. The summed E-state index contributed by atoms with van der Waals surface area (Å²) in [5.74, 6) is -0.439. The van der Waals surface area contributed by atoms with Gasteiger partial charge in [0, 0.05) is 44.1 Å². The second kappa shape index (κ2) is 11.3. The Kier molecular flexibility index (Phi) is 7.75. The molecular weight excluding hydrogens is 431 g/mol. The summed E-state index contributed by atoms with van der Waals surface area (Å²) in [5, 5.41) is 6.10. The van der Waals surface area contributed by atoms with E-state index in [4.69, 9.17) is 0 Å². The number of carbonyl (C=O) groups excluding carboxylic acids is 2. The van der Waals surface area contributed by atoms with E-state index in [1.165, 1.54) is 17.7 Å². The summed E-state index contributed by atoms with van der Waals surface area (Å²) in [5.41, 5.74) is 3.28. The summed E-state index contributed by atoms with van der Waals surface area (Å²) in [6.45, 7) is 3.23. The fraction of sp³-hybridized carbons (Fsp3) is 0.259. The van der Waals surface area contributed by atoms with Crippen molar-refractivity contribution in [2.45, 2.75) is 6.42 Å². The summed E-state index contributed by atoms with van der Waals surface area (Å²) < 4.78 is 13.2. The maximum Gasteiger partial charge on any atom is 0.253 e. The zero-order valence-electron chi connectivity index (χ0n) is 19.0. The number of para-hydroxylation sites is 1. The Bertz CT molecular complexity index is 1100. The van der Waals surface area contributed by atoms with E-state index in [-0.39, 0.29) is 24.2 Å². The summed E-state index contributed by atoms with van der Waals surface area (Å²) in [4.78, 5) is 29.4. The first kappa shape index (κ1) is 23.3. The van der Waals surface area contributed by atoms with E-state index in [0.717, 1.165) is 12.1 Å². The molecule has 1 aliphatic rings. The van der Waals surface area contributed by atoms with Gasteiger partial charge in [-0.1, -0.05) is 42.5 Å². The fourth-order valence-electron chi connectivity index (χ4n) is 4.04. The van der Waals surface area contributed by atoms with Crippen LogP contribution >= 0.6 is 0 Å². The number of carbonyl (C=O) groups is 2. The average Bonchev–Trinajstić information content (AvgIpc) is 2.88. The normalized spacial score (nSPS) is 13.4. The molecular formula is C27H29FN4O2. The number of nitrogens with one attached hydrogen (secondary N) is 2. The molecule has 3 aromatic carbocycles. The highest BCUT2D eigenvalue weighted by molar-refractivity contribution is 6.00. The van der Waals surface area contributed by atoms with Crippen LogP contribution in [0.2, 0.25) is 0 Å². The van der Waals surface area contributed by atoms with Crippen molar-refractivity contribution in [1.82, 2.24) is 10.2 Å². The maximum absolute atomic E-state index is 13.2. The number of anilines is 2. The van der Waals surface area contributed by atoms with Gasteiger partial charge in [-0.15, -0.1) is 0 Å². The number of hydrogen-bond donors (Lipinski definition) is 2. The molecule has 1 fully saturated rings. The largest absolute Gasteiger partial charge is 0.376 e. The molecule has 0 saturated carbocycles. The Hall–Kier alpha value is -3.87. The van der Waals surface area contributed by atoms with Gasteiger partial charge < -0.3 is 20.4 Å². The molecule has 0 aliphatic carbocycles. The predicted octanol–water partition coefficient (Wildman–Crippen LogP) is 3.56. The Morgan fingerprint density at radius 2 is 1.50 bits per heavy atom. The van der Waals surface area contributed by atoms with E-state index in [9.17, 15) is 14.0 Å². The number of halogens is 1. The van der Waals surface area contributed by atoms with Gasteiger partial charge in [-0.05, 0) is 48.4 Å². The zero-order chi connectivity index (χ0) is 23.8. The Labute approximate surface area is 199 Å². The molecule has 0 aromatic heterocycles. The highest BCUT2D eigenvalue weighted by atomic mass is 19.1. The standard InChI is InChI=1S/C27H29FN4O2/c28-22-10-12-23(13-11-22)31-16-18-32(19-17-31)26(33)20-30-25-9-5-4-8-24(25)27(34)29-15-14-21-6-2-1-3-7-21/h1-13,30H,14-20H2,(H,29,34). The highest BCUT2D eigenvalue weighted by Crippen LogP contribution is 2.18. The first-order chi connectivity index (χ1) is 16.6. The second-order valence-corrected chi connectivity index (χ2v) is 8.23. The molecule has 0 radical (unpaired) electrons. The molecule has 34 heavy (non-hydrogen) atoms. The van der Waals surface area contributed by atoms with Crippen LogP contribution in [0, 0.1) is 5.82 Å². The number of rotatable bonds is 8. The van der Waals surface area contributed by atoms with Crippen LogP contribution in [0.25, 0.3) is 0 Å². The van der Waals surface area contributed by atoms with Crippen molar-refractivity contribution in [3.05, 3.63) is 95.8 Å². The Balaban J connectivity index is 1.26. The minimum Gasteiger partial charge on any atom is -0.376 e. The van der Waals surface area contributed by atoms with Gasteiger partial charge in [0.05, 0.1) is 12.1 Å². The molecule has 0 unspecified atom stereocenters. The minimum atomic E-state index is -0.256. The number of piperazine rings is 1. The van der Waals surface area contributed by atoms with Crippen LogP contribution in [0.4, 0.5) is 15.8 Å². The molecule has 2 N–H and O–H groups in total. The third kappa shape index (κ3) is 6.13. The van der Waals surface area contributed by atoms with Crippen molar-refractivity contribution in [2.75, 3.05) is 49.5 Å². The molecule has 1 heterocycles. The van der Waals surface area contributed by atoms with E-state index in [2.05, 4.69) is 15.5 Å². The fourth-order valence-corrected chi connectivity index (χ4v) is 4.04. The van der Waals surface area contributed by atoms with Gasteiger partial charge in [0.25, 0.3) is 5.91 Å². The molecule has 2 amide bonds. The van der Waals surface area contributed by atoms with E-state index in [1.807, 2.05) is 53.4 Å². The summed E-state index contributed by atoms with van der Waals surface area (Å²) in [6, 6.07) is 23.6. The third-order valence-corrected chi connectivity index (χ3v) is 5.97. The molecule has 4 rings (SSSR count).